The highest BCUT2D eigenvalue weighted by Crippen LogP contribution is 2.52. The third-order valence-corrected chi connectivity index (χ3v) is 5.40. The van der Waals surface area contributed by atoms with Gasteiger partial charge in [0.1, 0.15) is 0 Å². The van der Waals surface area contributed by atoms with Crippen molar-refractivity contribution >= 4 is 0 Å². The normalized spacial score (nSPS) is 35.3. The summed E-state index contributed by atoms with van der Waals surface area (Å²) in [7, 11) is 2.20. The van der Waals surface area contributed by atoms with Gasteiger partial charge in [0.05, 0.1) is 17.5 Å². The average molecular weight is 304 g/mol. The number of aryl methyl sites for hydroxylation is 1. The molecule has 1 aromatic heterocycles. The molecule has 4 atom stereocenters. The second-order valence-electron chi connectivity index (χ2n) is 7.60. The summed E-state index contributed by atoms with van der Waals surface area (Å²) in [6.45, 7) is 8.30. The molecule has 5 nitrogen and oxygen atoms in total. The van der Waals surface area contributed by atoms with E-state index in [1.807, 2.05) is 19.1 Å². The van der Waals surface area contributed by atoms with Gasteiger partial charge in [0.25, 0.3) is 0 Å². The molecule has 0 bridgehead atoms. The SMILES string of the molecule is Cc1ccc(CN[C@@H]2CC3(C[C@H]2O)CN(C)C3C(C)C)nn1. The highest BCUT2D eigenvalue weighted by molar-refractivity contribution is 5.12. The summed E-state index contributed by atoms with van der Waals surface area (Å²) in [5, 5.41) is 22.2. The number of nitrogens with zero attached hydrogens (tertiary/aromatic N) is 3. The van der Waals surface area contributed by atoms with Gasteiger partial charge in [-0.2, -0.15) is 10.2 Å². The number of hydrogen-bond donors (Lipinski definition) is 2. The van der Waals surface area contributed by atoms with E-state index in [0.717, 1.165) is 30.8 Å². The second kappa shape index (κ2) is 5.87. The van der Waals surface area contributed by atoms with Crippen LogP contribution in [0.25, 0.3) is 0 Å². The average Bonchev–Trinajstić information content (AvgIpc) is 2.75. The first-order valence-electron chi connectivity index (χ1n) is 8.32. The first kappa shape index (κ1) is 15.8. The predicted molar refractivity (Wildman–Crippen MR) is 86.3 cm³/mol. The Morgan fingerprint density at radius 3 is 2.73 bits per heavy atom. The van der Waals surface area contributed by atoms with Crippen LogP contribution >= 0.6 is 0 Å². The summed E-state index contributed by atoms with van der Waals surface area (Å²) in [6.07, 6.45) is 1.71. The van der Waals surface area contributed by atoms with Gasteiger partial charge in [-0.3, -0.25) is 0 Å². The van der Waals surface area contributed by atoms with Crippen molar-refractivity contribution in [2.45, 2.75) is 58.3 Å². The van der Waals surface area contributed by atoms with E-state index in [9.17, 15) is 5.11 Å². The molecule has 3 rings (SSSR count). The van der Waals surface area contributed by atoms with Gasteiger partial charge in [-0.15, -0.1) is 0 Å². The van der Waals surface area contributed by atoms with E-state index < -0.39 is 0 Å². The Labute approximate surface area is 133 Å². The Morgan fingerprint density at radius 1 is 1.36 bits per heavy atom. The number of rotatable bonds is 4. The van der Waals surface area contributed by atoms with Crippen LogP contribution in [0.1, 0.15) is 38.1 Å². The van der Waals surface area contributed by atoms with Gasteiger partial charge in [-0.1, -0.05) is 13.8 Å². The number of aliphatic hydroxyl groups is 1. The predicted octanol–water partition coefficient (Wildman–Crippen LogP) is 1.35. The fourth-order valence-electron chi connectivity index (χ4n) is 4.81. The zero-order valence-corrected chi connectivity index (χ0v) is 14.1. The van der Waals surface area contributed by atoms with Gasteiger partial charge in [-0.25, -0.2) is 0 Å². The highest BCUT2D eigenvalue weighted by Gasteiger charge is 2.57. The van der Waals surface area contributed by atoms with E-state index in [1.54, 1.807) is 0 Å². The highest BCUT2D eigenvalue weighted by atomic mass is 16.3. The molecular formula is C17H28N4O. The van der Waals surface area contributed by atoms with Gasteiger partial charge >= 0.3 is 0 Å². The van der Waals surface area contributed by atoms with E-state index in [-0.39, 0.29) is 12.1 Å². The lowest BCUT2D eigenvalue weighted by Crippen LogP contribution is -2.64. The lowest BCUT2D eigenvalue weighted by Gasteiger charge is -2.57. The molecule has 0 aromatic carbocycles. The number of aromatic nitrogens is 2. The molecule has 2 fully saturated rings. The number of likely N-dealkylation sites (tertiary alicyclic amines) is 1. The Hall–Kier alpha value is -1.04. The van der Waals surface area contributed by atoms with Gasteiger partial charge in [0, 0.05) is 30.6 Å². The molecule has 5 heteroatoms. The van der Waals surface area contributed by atoms with E-state index in [2.05, 4.69) is 41.3 Å². The van der Waals surface area contributed by atoms with Gasteiger partial charge in [-0.05, 0) is 44.9 Å². The van der Waals surface area contributed by atoms with Gasteiger partial charge in [0.15, 0.2) is 0 Å². The van der Waals surface area contributed by atoms with Crippen LogP contribution in [-0.4, -0.2) is 52.0 Å². The third kappa shape index (κ3) is 2.77. The molecule has 1 aromatic rings. The van der Waals surface area contributed by atoms with Gasteiger partial charge < -0.3 is 15.3 Å². The molecule has 2 aliphatic rings. The van der Waals surface area contributed by atoms with Crippen LogP contribution in [0.3, 0.4) is 0 Å². The molecular weight excluding hydrogens is 276 g/mol. The monoisotopic (exact) mass is 304 g/mol. The van der Waals surface area contributed by atoms with Crippen molar-refractivity contribution in [1.82, 2.24) is 20.4 Å². The lowest BCUT2D eigenvalue weighted by molar-refractivity contribution is -0.0828. The summed E-state index contributed by atoms with van der Waals surface area (Å²) in [5.74, 6) is 0.632. The third-order valence-electron chi connectivity index (χ3n) is 5.40. The van der Waals surface area contributed by atoms with Crippen molar-refractivity contribution < 1.29 is 5.11 Å². The number of hydrogen-bond acceptors (Lipinski definition) is 5. The molecule has 2 heterocycles. The molecule has 22 heavy (non-hydrogen) atoms. The minimum atomic E-state index is -0.256. The standard InChI is InChI=1S/C17H28N4O/c1-11(2)16-17(10-21(16)4)7-14(15(22)8-17)18-9-13-6-5-12(3)19-20-13/h5-6,11,14-16,18,22H,7-10H2,1-4H3/t14-,15-,16?,17?/m1/s1. The van der Waals surface area contributed by atoms with E-state index in [0.29, 0.717) is 23.9 Å². The Morgan fingerprint density at radius 2 is 2.14 bits per heavy atom. The molecule has 1 saturated heterocycles. The van der Waals surface area contributed by atoms with Crippen LogP contribution in [-0.2, 0) is 6.54 Å². The molecule has 122 valence electrons. The van der Waals surface area contributed by atoms with Crippen LogP contribution in [0.15, 0.2) is 12.1 Å². The maximum absolute atomic E-state index is 10.5. The molecule has 0 radical (unpaired) electrons. The first-order valence-corrected chi connectivity index (χ1v) is 8.32. The van der Waals surface area contributed by atoms with Crippen LogP contribution in [0.4, 0.5) is 0 Å². The molecule has 1 aliphatic heterocycles. The zero-order chi connectivity index (χ0) is 15.9. The van der Waals surface area contributed by atoms with Crippen LogP contribution < -0.4 is 5.32 Å². The van der Waals surface area contributed by atoms with Crippen molar-refractivity contribution in [3.8, 4) is 0 Å². The van der Waals surface area contributed by atoms with Crippen molar-refractivity contribution in [1.29, 1.82) is 0 Å². The first-order chi connectivity index (χ1) is 10.4. The fourth-order valence-corrected chi connectivity index (χ4v) is 4.81. The molecule has 0 amide bonds. The van der Waals surface area contributed by atoms with E-state index in [1.165, 1.54) is 0 Å². The maximum Gasteiger partial charge on any atom is 0.0769 e. The molecule has 1 saturated carbocycles. The topological polar surface area (TPSA) is 61.3 Å². The summed E-state index contributed by atoms with van der Waals surface area (Å²) in [5.41, 5.74) is 2.16. The fraction of sp³-hybridized carbons (Fsp3) is 0.765. The summed E-state index contributed by atoms with van der Waals surface area (Å²) < 4.78 is 0. The van der Waals surface area contributed by atoms with Crippen molar-refractivity contribution in [3.05, 3.63) is 23.5 Å². The van der Waals surface area contributed by atoms with Gasteiger partial charge in [0.2, 0.25) is 0 Å². The molecule has 2 unspecified atom stereocenters. The van der Waals surface area contributed by atoms with E-state index >= 15 is 0 Å². The van der Waals surface area contributed by atoms with Crippen LogP contribution in [0, 0.1) is 18.3 Å². The molecule has 2 N–H and O–H groups in total. The number of aliphatic hydroxyl groups excluding tert-OH is 1. The Kier molecular flexibility index (Phi) is 4.23. The maximum atomic E-state index is 10.5. The van der Waals surface area contributed by atoms with Crippen molar-refractivity contribution in [2.24, 2.45) is 11.3 Å². The van der Waals surface area contributed by atoms with Crippen molar-refractivity contribution in [3.63, 3.8) is 0 Å². The summed E-state index contributed by atoms with van der Waals surface area (Å²) in [6, 6.07) is 4.73. The quantitative estimate of drug-likeness (QED) is 0.879. The van der Waals surface area contributed by atoms with Crippen LogP contribution in [0.2, 0.25) is 0 Å². The molecule has 1 aliphatic carbocycles. The molecule has 1 spiro atoms. The summed E-state index contributed by atoms with van der Waals surface area (Å²) >= 11 is 0. The zero-order valence-electron chi connectivity index (χ0n) is 14.1. The minimum absolute atomic E-state index is 0.165. The minimum Gasteiger partial charge on any atom is -0.391 e. The summed E-state index contributed by atoms with van der Waals surface area (Å²) in [4.78, 5) is 2.44. The van der Waals surface area contributed by atoms with E-state index in [4.69, 9.17) is 0 Å². The second-order valence-corrected chi connectivity index (χ2v) is 7.60. The lowest BCUT2D eigenvalue weighted by atomic mass is 9.66. The Bertz CT molecular complexity index is 513. The van der Waals surface area contributed by atoms with Crippen molar-refractivity contribution in [2.75, 3.05) is 13.6 Å². The largest absolute Gasteiger partial charge is 0.391 e. The smallest absolute Gasteiger partial charge is 0.0769 e. The number of nitrogens with one attached hydrogen (secondary N) is 1. The Balaban J connectivity index is 1.61. The van der Waals surface area contributed by atoms with Crippen LogP contribution in [0.5, 0.6) is 0 Å².